The molecule has 0 aromatic heterocycles. The van der Waals surface area contributed by atoms with Crippen molar-refractivity contribution in [3.8, 4) is 0 Å². The number of nitrogens with zero attached hydrogens (tertiary/aromatic N) is 1. The van der Waals surface area contributed by atoms with E-state index >= 15 is 0 Å². The van der Waals surface area contributed by atoms with Crippen LogP contribution >= 0.6 is 0 Å². The molecule has 0 spiro atoms. The van der Waals surface area contributed by atoms with Crippen molar-refractivity contribution in [1.29, 1.82) is 0 Å². The van der Waals surface area contributed by atoms with Gasteiger partial charge in [0.05, 0.1) is 31.1 Å². The van der Waals surface area contributed by atoms with Gasteiger partial charge in [-0.3, -0.25) is 9.59 Å². The number of halogens is 3. The van der Waals surface area contributed by atoms with Gasteiger partial charge in [0.15, 0.2) is 0 Å². The molecule has 126 valence electrons. The second kappa shape index (κ2) is 6.99. The predicted octanol–water partition coefficient (Wildman–Crippen LogP) is 1.81. The molecule has 1 fully saturated rings. The van der Waals surface area contributed by atoms with Crippen molar-refractivity contribution in [1.82, 2.24) is 4.90 Å². The number of benzene rings is 1. The zero-order chi connectivity index (χ0) is 17.0. The Hall–Kier alpha value is -2.09. The molecule has 1 saturated heterocycles. The van der Waals surface area contributed by atoms with E-state index in [9.17, 15) is 22.8 Å². The van der Waals surface area contributed by atoms with Crippen LogP contribution in [0.4, 0.5) is 13.2 Å². The first-order chi connectivity index (χ1) is 10.8. The Balaban J connectivity index is 2.14. The Labute approximate surface area is 130 Å². The number of aliphatic carboxylic acids is 1. The fourth-order valence-corrected chi connectivity index (χ4v) is 2.41. The van der Waals surface area contributed by atoms with Crippen molar-refractivity contribution >= 4 is 11.9 Å². The maximum absolute atomic E-state index is 13.0. The monoisotopic (exact) mass is 331 g/mol. The Morgan fingerprint density at radius 2 is 2.00 bits per heavy atom. The topological polar surface area (TPSA) is 66.8 Å². The summed E-state index contributed by atoms with van der Waals surface area (Å²) in [7, 11) is 0. The lowest BCUT2D eigenvalue weighted by Crippen LogP contribution is -2.39. The van der Waals surface area contributed by atoms with Gasteiger partial charge in [-0.05, 0) is 11.6 Å². The lowest BCUT2D eigenvalue weighted by atomic mass is 10.0. The number of rotatable bonds is 3. The van der Waals surface area contributed by atoms with Crippen molar-refractivity contribution in [2.75, 3.05) is 26.3 Å². The summed E-state index contributed by atoms with van der Waals surface area (Å²) in [4.78, 5) is 24.6. The first-order valence-corrected chi connectivity index (χ1v) is 7.02. The highest BCUT2D eigenvalue weighted by molar-refractivity contribution is 5.80. The van der Waals surface area contributed by atoms with Gasteiger partial charge in [0.25, 0.3) is 0 Å². The van der Waals surface area contributed by atoms with E-state index in [0.29, 0.717) is 0 Å². The number of hydrogen-bond acceptors (Lipinski definition) is 3. The summed E-state index contributed by atoms with van der Waals surface area (Å²) in [6.07, 6.45) is -4.97. The quantitative estimate of drug-likeness (QED) is 0.917. The molecule has 23 heavy (non-hydrogen) atoms. The van der Waals surface area contributed by atoms with E-state index in [0.717, 1.165) is 6.07 Å². The molecule has 2 rings (SSSR count). The highest BCUT2D eigenvalue weighted by Crippen LogP contribution is 2.32. The van der Waals surface area contributed by atoms with Crippen molar-refractivity contribution in [2.24, 2.45) is 5.92 Å². The van der Waals surface area contributed by atoms with Gasteiger partial charge in [-0.1, -0.05) is 18.2 Å². The smallest absolute Gasteiger partial charge is 0.416 e. The van der Waals surface area contributed by atoms with Crippen molar-refractivity contribution in [2.45, 2.75) is 12.6 Å². The van der Waals surface area contributed by atoms with Gasteiger partial charge >= 0.3 is 12.1 Å². The minimum Gasteiger partial charge on any atom is -0.481 e. The third-order valence-electron chi connectivity index (χ3n) is 3.63. The molecule has 1 aromatic carbocycles. The van der Waals surface area contributed by atoms with Gasteiger partial charge in [-0.25, -0.2) is 0 Å². The maximum atomic E-state index is 13.0. The molecule has 1 amide bonds. The molecule has 1 aliphatic rings. The average molecular weight is 331 g/mol. The molecule has 8 heteroatoms. The van der Waals surface area contributed by atoms with Gasteiger partial charge in [0.2, 0.25) is 5.91 Å². The summed E-state index contributed by atoms with van der Waals surface area (Å²) in [6.45, 7) is 0.244. The van der Waals surface area contributed by atoms with Gasteiger partial charge in [-0.2, -0.15) is 13.2 Å². The van der Waals surface area contributed by atoms with Crippen molar-refractivity contribution in [3.05, 3.63) is 35.4 Å². The molecule has 1 aliphatic heterocycles. The lowest BCUT2D eigenvalue weighted by molar-refractivity contribution is -0.144. The molecule has 0 saturated carbocycles. The predicted molar refractivity (Wildman–Crippen MR) is 73.7 cm³/mol. The number of carboxylic acids is 1. The van der Waals surface area contributed by atoms with Crippen molar-refractivity contribution in [3.63, 3.8) is 0 Å². The third-order valence-corrected chi connectivity index (χ3v) is 3.63. The highest BCUT2D eigenvalue weighted by atomic mass is 19.4. The SMILES string of the molecule is O=C(O)C1COCCN(C(=O)Cc2ccccc2C(F)(F)F)C1. The van der Waals surface area contributed by atoms with Gasteiger partial charge in [0.1, 0.15) is 0 Å². The van der Waals surface area contributed by atoms with E-state index < -0.39 is 36.0 Å². The van der Waals surface area contributed by atoms with Crippen LogP contribution in [0.5, 0.6) is 0 Å². The second-order valence-electron chi connectivity index (χ2n) is 5.28. The first kappa shape index (κ1) is 17.3. The number of alkyl halides is 3. The van der Waals surface area contributed by atoms with Crippen LogP contribution in [0.2, 0.25) is 0 Å². The number of ether oxygens (including phenoxy) is 1. The molecule has 1 heterocycles. The molecule has 1 unspecified atom stereocenters. The van der Waals surface area contributed by atoms with Crippen LogP contribution < -0.4 is 0 Å². The van der Waals surface area contributed by atoms with Crippen LogP contribution in [0.15, 0.2) is 24.3 Å². The fourth-order valence-electron chi connectivity index (χ4n) is 2.41. The molecule has 1 N–H and O–H groups in total. The Bertz CT molecular complexity index is 588. The van der Waals surface area contributed by atoms with Gasteiger partial charge in [-0.15, -0.1) is 0 Å². The number of hydrogen-bond donors (Lipinski definition) is 1. The van der Waals surface area contributed by atoms with E-state index in [4.69, 9.17) is 9.84 Å². The highest BCUT2D eigenvalue weighted by Gasteiger charge is 2.34. The van der Waals surface area contributed by atoms with E-state index in [2.05, 4.69) is 0 Å². The van der Waals surface area contributed by atoms with Crippen LogP contribution in [0, 0.1) is 5.92 Å². The van der Waals surface area contributed by atoms with E-state index in [1.54, 1.807) is 0 Å². The number of amides is 1. The van der Waals surface area contributed by atoms with Crippen LogP contribution in [0.1, 0.15) is 11.1 Å². The summed E-state index contributed by atoms with van der Waals surface area (Å²) in [6, 6.07) is 4.87. The van der Waals surface area contributed by atoms with Crippen LogP contribution in [0.25, 0.3) is 0 Å². The minimum atomic E-state index is -4.54. The largest absolute Gasteiger partial charge is 0.481 e. The molecule has 1 atom stereocenters. The Morgan fingerprint density at radius 3 is 2.65 bits per heavy atom. The molecule has 0 bridgehead atoms. The number of carbonyl (C=O) groups excluding carboxylic acids is 1. The lowest BCUT2D eigenvalue weighted by Gasteiger charge is -2.22. The molecule has 0 radical (unpaired) electrons. The molecular weight excluding hydrogens is 315 g/mol. The molecular formula is C15H16F3NO4. The normalized spacial score (nSPS) is 19.3. The first-order valence-electron chi connectivity index (χ1n) is 7.02. The summed E-state index contributed by atoms with van der Waals surface area (Å²) in [5, 5.41) is 9.04. The Morgan fingerprint density at radius 1 is 1.30 bits per heavy atom. The number of carbonyl (C=O) groups is 2. The third kappa shape index (κ3) is 4.44. The molecule has 0 aliphatic carbocycles. The van der Waals surface area contributed by atoms with E-state index in [-0.39, 0.29) is 31.9 Å². The van der Waals surface area contributed by atoms with E-state index in [1.807, 2.05) is 0 Å². The second-order valence-corrected chi connectivity index (χ2v) is 5.28. The minimum absolute atomic E-state index is 0.0156. The Kier molecular flexibility index (Phi) is 5.25. The molecule has 5 nitrogen and oxygen atoms in total. The zero-order valence-electron chi connectivity index (χ0n) is 12.2. The maximum Gasteiger partial charge on any atom is 0.416 e. The summed E-state index contributed by atoms with van der Waals surface area (Å²) in [5.74, 6) is -2.52. The van der Waals surface area contributed by atoms with Gasteiger partial charge in [0, 0.05) is 13.1 Å². The standard InChI is InChI=1S/C15H16F3NO4/c16-15(17,18)12-4-2-1-3-10(12)7-13(20)19-5-6-23-9-11(8-19)14(21)22/h1-4,11H,5-9H2,(H,21,22). The average Bonchev–Trinajstić information content (AvgIpc) is 2.72. The van der Waals surface area contributed by atoms with Crippen LogP contribution in [-0.2, 0) is 26.9 Å². The molecule has 1 aromatic rings. The fraction of sp³-hybridized carbons (Fsp3) is 0.467. The summed E-state index contributed by atoms with van der Waals surface area (Å²) < 4.78 is 44.0. The van der Waals surface area contributed by atoms with Gasteiger partial charge < -0.3 is 14.7 Å². The zero-order valence-corrected chi connectivity index (χ0v) is 12.2. The van der Waals surface area contributed by atoms with Crippen molar-refractivity contribution < 1.29 is 32.6 Å². The van der Waals surface area contributed by atoms with Crippen LogP contribution in [0.3, 0.4) is 0 Å². The summed E-state index contributed by atoms with van der Waals surface area (Å²) >= 11 is 0. The summed E-state index contributed by atoms with van der Waals surface area (Å²) in [5.41, 5.74) is -0.976. The van der Waals surface area contributed by atoms with Crippen LogP contribution in [-0.4, -0.2) is 48.2 Å². The van der Waals surface area contributed by atoms with E-state index in [1.165, 1.54) is 23.1 Å². The number of carboxylic acid groups (broad SMARTS) is 1.